The number of piperidine rings is 1. The summed E-state index contributed by atoms with van der Waals surface area (Å²) in [5, 5.41) is 11.9. The quantitative estimate of drug-likeness (QED) is 0.465. The first kappa shape index (κ1) is 26.7. The molecular weight excluding hydrogens is 511 g/mol. The predicted molar refractivity (Wildman–Crippen MR) is 146 cm³/mol. The summed E-state index contributed by atoms with van der Waals surface area (Å²) in [6.45, 7) is 4.83. The Morgan fingerprint density at radius 3 is 2.53 bits per heavy atom. The van der Waals surface area contributed by atoms with Gasteiger partial charge in [0.1, 0.15) is 5.82 Å². The molecule has 3 aliphatic rings. The number of carbonyl (C=O) groups is 1. The van der Waals surface area contributed by atoms with Gasteiger partial charge in [0.15, 0.2) is 0 Å². The number of benzene rings is 2. The first-order chi connectivity index (χ1) is 18.2. The molecule has 2 heterocycles. The van der Waals surface area contributed by atoms with Crippen LogP contribution in [-0.4, -0.2) is 70.7 Å². The van der Waals surface area contributed by atoms with Crippen molar-refractivity contribution < 1.29 is 27.4 Å². The van der Waals surface area contributed by atoms with E-state index in [1.165, 1.54) is 31.0 Å². The van der Waals surface area contributed by atoms with Gasteiger partial charge in [-0.25, -0.2) is 12.8 Å². The number of amides is 1. The van der Waals surface area contributed by atoms with Gasteiger partial charge in [0.05, 0.1) is 42.0 Å². The van der Waals surface area contributed by atoms with Crippen molar-refractivity contribution in [2.24, 2.45) is 5.41 Å². The largest absolute Gasteiger partial charge is 0.395 e. The van der Waals surface area contributed by atoms with Gasteiger partial charge in [0.2, 0.25) is 10.0 Å². The number of anilines is 4. The molecule has 206 valence electrons. The molecule has 1 atom stereocenters. The monoisotopic (exact) mass is 546 g/mol. The molecule has 1 aliphatic carbocycles. The molecule has 1 saturated carbocycles. The molecule has 11 heteroatoms. The smallest absolute Gasteiger partial charge is 0.257 e. The average molecular weight is 547 g/mol. The minimum atomic E-state index is -3.72. The molecule has 3 fully saturated rings. The second-order valence-electron chi connectivity index (χ2n) is 10.6. The Bertz CT molecular complexity index is 1290. The Morgan fingerprint density at radius 1 is 1.08 bits per heavy atom. The zero-order chi connectivity index (χ0) is 26.9. The highest BCUT2D eigenvalue weighted by Crippen LogP contribution is 2.54. The molecule has 1 amide bonds. The highest BCUT2D eigenvalue weighted by Gasteiger charge is 2.44. The lowest BCUT2D eigenvalue weighted by atomic mass is 9.93. The molecule has 2 saturated heterocycles. The van der Waals surface area contributed by atoms with Crippen molar-refractivity contribution in [2.75, 3.05) is 65.0 Å². The number of ether oxygens (including phenoxy) is 1. The Balaban J connectivity index is 1.40. The van der Waals surface area contributed by atoms with Gasteiger partial charge in [-0.2, -0.15) is 0 Å². The number of sulfonamides is 1. The summed E-state index contributed by atoms with van der Waals surface area (Å²) in [7, 11) is -3.72. The number of rotatable bonds is 8. The molecule has 2 aromatic carbocycles. The number of aliphatic hydroxyl groups excluding tert-OH is 1. The van der Waals surface area contributed by atoms with Crippen molar-refractivity contribution in [3.8, 4) is 0 Å². The third-order valence-electron chi connectivity index (χ3n) is 7.74. The van der Waals surface area contributed by atoms with Gasteiger partial charge in [-0.05, 0) is 74.4 Å². The van der Waals surface area contributed by atoms with Crippen LogP contribution < -0.4 is 19.8 Å². The highest BCUT2D eigenvalue weighted by atomic mass is 32.2. The van der Waals surface area contributed by atoms with Gasteiger partial charge < -0.3 is 25.0 Å². The molecule has 9 nitrogen and oxygen atoms in total. The third kappa shape index (κ3) is 6.22. The molecule has 0 bridgehead atoms. The van der Waals surface area contributed by atoms with Gasteiger partial charge in [-0.3, -0.25) is 9.52 Å². The van der Waals surface area contributed by atoms with Crippen LogP contribution >= 0.6 is 0 Å². The summed E-state index contributed by atoms with van der Waals surface area (Å²) in [5.41, 5.74) is 2.78. The number of carbonyl (C=O) groups excluding carboxylic acids is 1. The van der Waals surface area contributed by atoms with E-state index in [-0.39, 0.29) is 6.10 Å². The van der Waals surface area contributed by atoms with Crippen LogP contribution in [0.1, 0.15) is 43.0 Å². The van der Waals surface area contributed by atoms with Crippen LogP contribution in [0.3, 0.4) is 0 Å². The zero-order valence-electron chi connectivity index (χ0n) is 21.6. The summed E-state index contributed by atoms with van der Waals surface area (Å²) in [6.07, 6.45) is 4.55. The minimum Gasteiger partial charge on any atom is -0.395 e. The number of morpholine rings is 1. The Kier molecular flexibility index (Phi) is 7.52. The molecule has 1 unspecified atom stereocenters. The number of halogens is 1. The number of hydrogen-bond donors (Lipinski definition) is 3. The lowest BCUT2D eigenvalue weighted by Crippen LogP contribution is -2.41. The van der Waals surface area contributed by atoms with Crippen LogP contribution in [0.5, 0.6) is 0 Å². The van der Waals surface area contributed by atoms with Crippen LogP contribution in [0.25, 0.3) is 0 Å². The van der Waals surface area contributed by atoms with E-state index in [1.807, 2.05) is 11.8 Å². The maximum atomic E-state index is 14.6. The van der Waals surface area contributed by atoms with E-state index in [0.29, 0.717) is 53.4 Å². The predicted octanol–water partition coefficient (Wildman–Crippen LogP) is 3.42. The molecule has 0 radical (unpaired) electrons. The summed E-state index contributed by atoms with van der Waals surface area (Å²) in [4.78, 5) is 17.7. The lowest BCUT2D eigenvalue weighted by molar-refractivity contribution is 0.0532. The van der Waals surface area contributed by atoms with E-state index in [1.54, 1.807) is 18.2 Å². The normalized spacial score (nSPS) is 20.9. The Labute approximate surface area is 223 Å². The van der Waals surface area contributed by atoms with Gasteiger partial charge in [0.25, 0.3) is 5.91 Å². The van der Waals surface area contributed by atoms with Crippen molar-refractivity contribution in [1.29, 1.82) is 0 Å². The van der Waals surface area contributed by atoms with E-state index in [4.69, 9.17) is 9.84 Å². The van der Waals surface area contributed by atoms with Gasteiger partial charge in [-0.1, -0.05) is 0 Å². The molecule has 0 aromatic heterocycles. The topological polar surface area (TPSA) is 111 Å². The van der Waals surface area contributed by atoms with E-state index in [9.17, 15) is 17.6 Å². The van der Waals surface area contributed by atoms with Crippen LogP contribution in [0.4, 0.5) is 27.1 Å². The van der Waals surface area contributed by atoms with Crippen molar-refractivity contribution >= 4 is 38.7 Å². The fraction of sp³-hybridized carbons (Fsp3) is 0.519. The van der Waals surface area contributed by atoms with Crippen molar-refractivity contribution in [2.45, 2.75) is 38.7 Å². The van der Waals surface area contributed by atoms with Gasteiger partial charge in [0, 0.05) is 37.6 Å². The van der Waals surface area contributed by atoms with Crippen LogP contribution in [-0.2, 0) is 14.8 Å². The highest BCUT2D eigenvalue weighted by molar-refractivity contribution is 7.92. The van der Waals surface area contributed by atoms with E-state index < -0.39 is 34.1 Å². The molecule has 5 rings (SSSR count). The summed E-state index contributed by atoms with van der Waals surface area (Å²) < 4.78 is 47.1. The summed E-state index contributed by atoms with van der Waals surface area (Å²) >= 11 is 0. The number of nitrogens with zero attached hydrogens (tertiary/aromatic N) is 2. The third-order valence-corrected chi connectivity index (χ3v) is 9.01. The number of hydrogen-bond acceptors (Lipinski definition) is 7. The number of aliphatic hydroxyl groups is 1. The van der Waals surface area contributed by atoms with Crippen molar-refractivity contribution in [3.63, 3.8) is 0 Å². The van der Waals surface area contributed by atoms with E-state index in [0.717, 1.165) is 25.9 Å². The fourth-order valence-corrected chi connectivity index (χ4v) is 6.21. The second-order valence-corrected chi connectivity index (χ2v) is 12.5. The van der Waals surface area contributed by atoms with E-state index in [2.05, 4.69) is 14.9 Å². The maximum Gasteiger partial charge on any atom is 0.257 e. The molecule has 38 heavy (non-hydrogen) atoms. The average Bonchev–Trinajstić information content (AvgIpc) is 3.62. The van der Waals surface area contributed by atoms with Crippen molar-refractivity contribution in [1.82, 2.24) is 0 Å². The molecular formula is C27H35FN4O5S. The first-order valence-corrected chi connectivity index (χ1v) is 14.8. The maximum absolute atomic E-state index is 14.6. The van der Waals surface area contributed by atoms with Crippen LogP contribution in [0.2, 0.25) is 0 Å². The van der Waals surface area contributed by atoms with E-state index >= 15 is 0 Å². The number of nitrogens with one attached hydrogen (secondary N) is 2. The Morgan fingerprint density at radius 2 is 1.84 bits per heavy atom. The van der Waals surface area contributed by atoms with Gasteiger partial charge in [-0.15, -0.1) is 0 Å². The first-order valence-electron chi connectivity index (χ1n) is 13.1. The molecule has 2 aromatic rings. The molecule has 3 N–H and O–H groups in total. The summed E-state index contributed by atoms with van der Waals surface area (Å²) in [5.74, 6) is -1.26. The van der Waals surface area contributed by atoms with Crippen LogP contribution in [0.15, 0.2) is 36.4 Å². The Hall–Kier alpha value is -2.89. The fourth-order valence-electron chi connectivity index (χ4n) is 5.38. The second kappa shape index (κ2) is 10.7. The van der Waals surface area contributed by atoms with Crippen molar-refractivity contribution in [3.05, 3.63) is 47.8 Å². The zero-order valence-corrected chi connectivity index (χ0v) is 22.4. The molecule has 1 spiro atoms. The summed E-state index contributed by atoms with van der Waals surface area (Å²) in [6, 6.07) is 9.29. The minimum absolute atomic E-state index is 0.0280. The van der Waals surface area contributed by atoms with Gasteiger partial charge >= 0.3 is 0 Å². The SMILES string of the molecule is CC1CN(c2cc(F)cc(NC(=O)c3ccc(NS(=O)(=O)CCO)cc3N3CCC4(CC3)CC4)c2)CCO1. The molecule has 2 aliphatic heterocycles. The van der Waals surface area contributed by atoms with Crippen LogP contribution in [0, 0.1) is 11.2 Å². The lowest BCUT2D eigenvalue weighted by Gasteiger charge is -2.35. The standard InChI is InChI=1S/C27H35FN4O5S/c1-19-18-32(10-12-37-19)23-15-20(28)14-22(16-23)29-26(34)24-3-2-21(30-38(35,36)13-11-33)17-25(24)31-8-6-27(4-5-27)7-9-31/h2-3,14-17,19,30,33H,4-13,18H2,1H3,(H,29,34).